The summed E-state index contributed by atoms with van der Waals surface area (Å²) >= 11 is 0. The highest BCUT2D eigenvalue weighted by molar-refractivity contribution is 7.90. The summed E-state index contributed by atoms with van der Waals surface area (Å²) in [4.78, 5) is 1.35. The Hall–Kier alpha value is -2.03. The maximum absolute atomic E-state index is 14.7. The SMILES string of the molecule is CC(C)c1ccc2c([n+]1-c1ccccc1)P(=O)(C(C)C)c1ccccc1S2=O. The Morgan fingerprint density at radius 2 is 1.46 bits per heavy atom. The molecule has 0 bridgehead atoms. The highest BCUT2D eigenvalue weighted by atomic mass is 32.2. The van der Waals surface area contributed by atoms with Crippen LogP contribution in [0.25, 0.3) is 5.69 Å². The molecule has 0 fully saturated rings. The van der Waals surface area contributed by atoms with Gasteiger partial charge >= 0.3 is 0 Å². The summed E-state index contributed by atoms with van der Waals surface area (Å²) in [6, 6.07) is 21.5. The summed E-state index contributed by atoms with van der Waals surface area (Å²) in [6.07, 6.45) is 0. The normalized spacial score (nSPS) is 20.9. The summed E-state index contributed by atoms with van der Waals surface area (Å²) < 4.78 is 30.3. The molecule has 144 valence electrons. The van der Waals surface area contributed by atoms with E-state index in [9.17, 15) is 8.77 Å². The third-order valence-electron chi connectivity index (χ3n) is 5.37. The van der Waals surface area contributed by atoms with E-state index in [1.807, 2.05) is 80.6 Å². The molecule has 2 heterocycles. The van der Waals surface area contributed by atoms with Gasteiger partial charge in [-0.15, -0.1) is 0 Å². The van der Waals surface area contributed by atoms with Crippen molar-refractivity contribution in [2.75, 3.05) is 0 Å². The van der Waals surface area contributed by atoms with Crippen molar-refractivity contribution < 1.29 is 13.3 Å². The number of benzene rings is 2. The number of nitrogens with zero attached hydrogens (tertiary/aromatic N) is 1. The van der Waals surface area contributed by atoms with Crippen LogP contribution >= 0.6 is 7.14 Å². The Balaban J connectivity index is 2.19. The summed E-state index contributed by atoms with van der Waals surface area (Å²) in [6.45, 7) is 8.28. The van der Waals surface area contributed by atoms with Gasteiger partial charge in [-0.25, -0.2) is 4.21 Å². The molecule has 1 aliphatic heterocycles. The van der Waals surface area contributed by atoms with Crippen molar-refractivity contribution in [3.63, 3.8) is 0 Å². The molecular weight excluding hydrogens is 385 g/mol. The first-order chi connectivity index (χ1) is 13.4. The molecule has 0 amide bonds. The van der Waals surface area contributed by atoms with Gasteiger partial charge in [0.1, 0.15) is 4.90 Å². The van der Waals surface area contributed by atoms with Crippen LogP contribution < -0.4 is 15.3 Å². The second-order valence-corrected chi connectivity index (χ2v) is 12.4. The summed E-state index contributed by atoms with van der Waals surface area (Å²) in [5, 5.41) is 0.737. The molecular formula is C23H25NO2PS+. The van der Waals surface area contributed by atoms with E-state index in [0.29, 0.717) is 9.79 Å². The number of para-hydroxylation sites is 1. The minimum absolute atomic E-state index is 0.0953. The third kappa shape index (κ3) is 2.74. The lowest BCUT2D eigenvalue weighted by molar-refractivity contribution is -0.588. The van der Waals surface area contributed by atoms with Crippen molar-refractivity contribution in [3.05, 3.63) is 72.4 Å². The molecule has 5 heteroatoms. The molecule has 0 radical (unpaired) electrons. The van der Waals surface area contributed by atoms with Crippen LogP contribution in [-0.2, 0) is 15.4 Å². The van der Waals surface area contributed by atoms with Gasteiger partial charge in [-0.2, -0.15) is 4.57 Å². The van der Waals surface area contributed by atoms with E-state index in [2.05, 4.69) is 18.4 Å². The van der Waals surface area contributed by atoms with Gasteiger partial charge in [0.05, 0.1) is 15.7 Å². The topological polar surface area (TPSA) is 38.0 Å². The first-order valence-corrected chi connectivity index (χ1v) is 12.6. The fourth-order valence-electron chi connectivity index (χ4n) is 3.94. The third-order valence-corrected chi connectivity index (χ3v) is 10.8. The minimum Gasteiger partial charge on any atom is -0.307 e. The smallest absolute Gasteiger partial charge is 0.266 e. The average Bonchev–Trinajstić information content (AvgIpc) is 2.71. The zero-order valence-electron chi connectivity index (χ0n) is 16.6. The van der Waals surface area contributed by atoms with Gasteiger partial charge in [0.2, 0.25) is 12.8 Å². The van der Waals surface area contributed by atoms with Crippen LogP contribution in [0.4, 0.5) is 0 Å². The highest BCUT2D eigenvalue weighted by Gasteiger charge is 2.49. The number of fused-ring (bicyclic) bond motifs is 2. The van der Waals surface area contributed by atoms with Crippen LogP contribution in [-0.4, -0.2) is 9.87 Å². The zero-order valence-corrected chi connectivity index (χ0v) is 18.3. The van der Waals surface area contributed by atoms with E-state index < -0.39 is 17.9 Å². The van der Waals surface area contributed by atoms with Gasteiger partial charge in [-0.1, -0.05) is 58.0 Å². The second-order valence-electron chi connectivity index (χ2n) is 7.76. The van der Waals surface area contributed by atoms with E-state index in [1.54, 1.807) is 0 Å². The van der Waals surface area contributed by atoms with E-state index in [1.165, 1.54) is 0 Å². The van der Waals surface area contributed by atoms with Gasteiger partial charge in [-0.05, 0) is 18.2 Å². The fraction of sp³-hybridized carbons (Fsp3) is 0.261. The average molecular weight is 410 g/mol. The lowest BCUT2D eigenvalue weighted by Crippen LogP contribution is -2.55. The van der Waals surface area contributed by atoms with Crippen LogP contribution in [0.2, 0.25) is 0 Å². The lowest BCUT2D eigenvalue weighted by Gasteiger charge is -2.29. The molecule has 28 heavy (non-hydrogen) atoms. The van der Waals surface area contributed by atoms with Crippen molar-refractivity contribution in [2.45, 2.75) is 49.1 Å². The van der Waals surface area contributed by atoms with Crippen LogP contribution in [0, 0.1) is 0 Å². The maximum atomic E-state index is 14.7. The number of hydrogen-bond acceptors (Lipinski definition) is 2. The zero-order chi connectivity index (χ0) is 20.1. The first kappa shape index (κ1) is 19.3. The summed E-state index contributed by atoms with van der Waals surface area (Å²) in [7, 11) is -4.35. The van der Waals surface area contributed by atoms with E-state index in [-0.39, 0.29) is 11.6 Å². The van der Waals surface area contributed by atoms with Crippen LogP contribution in [0.1, 0.15) is 39.3 Å². The monoisotopic (exact) mass is 410 g/mol. The van der Waals surface area contributed by atoms with Crippen molar-refractivity contribution >= 4 is 28.7 Å². The van der Waals surface area contributed by atoms with Gasteiger partial charge in [-0.3, -0.25) is 0 Å². The Bertz CT molecular complexity index is 1120. The quantitative estimate of drug-likeness (QED) is 0.477. The number of rotatable bonds is 3. The van der Waals surface area contributed by atoms with Crippen molar-refractivity contribution in [3.8, 4) is 5.69 Å². The summed E-state index contributed by atoms with van der Waals surface area (Å²) in [5.41, 5.74) is 2.65. The Morgan fingerprint density at radius 1 is 0.821 bits per heavy atom. The fourth-order valence-corrected chi connectivity index (χ4v) is 9.31. The predicted molar refractivity (Wildman–Crippen MR) is 115 cm³/mol. The number of hydrogen-bond donors (Lipinski definition) is 0. The van der Waals surface area contributed by atoms with Crippen molar-refractivity contribution in [1.29, 1.82) is 0 Å². The van der Waals surface area contributed by atoms with Gasteiger partial charge < -0.3 is 4.57 Å². The first-order valence-electron chi connectivity index (χ1n) is 9.63. The Morgan fingerprint density at radius 3 is 2.11 bits per heavy atom. The minimum atomic E-state index is -3.00. The largest absolute Gasteiger partial charge is 0.307 e. The van der Waals surface area contributed by atoms with E-state index in [0.717, 1.165) is 22.1 Å². The molecule has 4 rings (SSSR count). The van der Waals surface area contributed by atoms with Crippen molar-refractivity contribution in [1.82, 2.24) is 0 Å². The molecule has 2 aromatic carbocycles. The van der Waals surface area contributed by atoms with Gasteiger partial charge in [0.25, 0.3) is 5.44 Å². The van der Waals surface area contributed by atoms with Gasteiger partial charge in [0.15, 0.2) is 5.69 Å². The molecule has 0 N–H and O–H groups in total. The number of aromatic nitrogens is 1. The Kier molecular flexibility index (Phi) is 4.89. The Labute approximate surface area is 169 Å². The molecule has 3 aromatic rings. The van der Waals surface area contributed by atoms with Crippen LogP contribution in [0.3, 0.4) is 0 Å². The highest BCUT2D eigenvalue weighted by Crippen LogP contribution is 2.52. The molecule has 0 spiro atoms. The van der Waals surface area contributed by atoms with E-state index in [4.69, 9.17) is 0 Å². The van der Waals surface area contributed by atoms with Crippen LogP contribution in [0.15, 0.2) is 76.5 Å². The standard InChI is InChI=1S/C23H25NO2PS/c1-16(2)19-14-15-22-23(24(19)18-10-6-5-7-11-18)27(25,17(3)4)20-12-8-9-13-21(20)28(22)26/h5-17H,1-4H3/q+1. The molecule has 2 unspecified atom stereocenters. The van der Waals surface area contributed by atoms with Gasteiger partial charge in [0, 0.05) is 35.1 Å². The van der Waals surface area contributed by atoms with Crippen LogP contribution in [0.5, 0.6) is 0 Å². The lowest BCUT2D eigenvalue weighted by atomic mass is 10.1. The molecule has 3 nitrogen and oxygen atoms in total. The number of pyridine rings is 1. The molecule has 0 saturated heterocycles. The molecule has 0 saturated carbocycles. The second kappa shape index (κ2) is 7.09. The van der Waals surface area contributed by atoms with Crippen molar-refractivity contribution in [2.24, 2.45) is 0 Å². The molecule has 0 aliphatic carbocycles. The molecule has 1 aliphatic rings. The molecule has 2 atom stereocenters. The molecule has 1 aromatic heterocycles. The summed E-state index contributed by atoms with van der Waals surface area (Å²) in [5.74, 6) is 0.233. The maximum Gasteiger partial charge on any atom is 0.266 e. The van der Waals surface area contributed by atoms with E-state index >= 15 is 0 Å². The predicted octanol–water partition coefficient (Wildman–Crippen LogP) is 4.29.